The number of benzene rings is 1. The fraction of sp³-hybridized carbons (Fsp3) is 0.462. The Labute approximate surface area is 102 Å². The molecule has 0 aromatic heterocycles. The van der Waals surface area contributed by atoms with Gasteiger partial charge in [0.1, 0.15) is 5.38 Å². The number of hydrogen-bond donors (Lipinski definition) is 1. The molecule has 0 saturated heterocycles. The molecule has 1 aromatic carbocycles. The Morgan fingerprint density at radius 3 is 2.19 bits per heavy atom. The van der Waals surface area contributed by atoms with E-state index in [0.29, 0.717) is 6.42 Å². The van der Waals surface area contributed by atoms with Gasteiger partial charge in [0, 0.05) is 0 Å². The first-order valence-electron chi connectivity index (χ1n) is 5.33. The largest absolute Gasteiger partial charge is 0.368 e. The zero-order chi connectivity index (χ0) is 12.3. The Bertz CT molecular complexity index is 365. The van der Waals surface area contributed by atoms with Gasteiger partial charge in [-0.1, -0.05) is 45.0 Å². The normalized spacial score (nSPS) is 13.5. The van der Waals surface area contributed by atoms with Crippen molar-refractivity contribution in [2.45, 2.75) is 38.0 Å². The van der Waals surface area contributed by atoms with Crippen molar-refractivity contribution < 1.29 is 4.79 Å². The third-order valence-electron chi connectivity index (χ3n) is 2.54. The minimum Gasteiger partial charge on any atom is -0.368 e. The van der Waals surface area contributed by atoms with Gasteiger partial charge in [0.05, 0.1) is 0 Å². The third-order valence-corrected chi connectivity index (χ3v) is 2.91. The number of alkyl halides is 1. The molecular weight excluding hydrogens is 222 g/mol. The molecule has 0 fully saturated rings. The molecule has 0 spiro atoms. The lowest BCUT2D eigenvalue weighted by Crippen LogP contribution is -2.25. The minimum absolute atomic E-state index is 0.141. The summed E-state index contributed by atoms with van der Waals surface area (Å²) in [6.45, 7) is 6.49. The van der Waals surface area contributed by atoms with Crippen LogP contribution in [0.4, 0.5) is 0 Å². The highest BCUT2D eigenvalue weighted by atomic mass is 35.5. The van der Waals surface area contributed by atoms with Crippen LogP contribution in [0, 0.1) is 0 Å². The van der Waals surface area contributed by atoms with Crippen molar-refractivity contribution in [3.63, 3.8) is 0 Å². The van der Waals surface area contributed by atoms with Gasteiger partial charge in [-0.2, -0.15) is 0 Å². The van der Waals surface area contributed by atoms with Crippen LogP contribution in [0.25, 0.3) is 0 Å². The molecule has 1 rings (SSSR count). The van der Waals surface area contributed by atoms with Gasteiger partial charge in [-0.3, -0.25) is 4.79 Å². The predicted molar refractivity (Wildman–Crippen MR) is 67.7 cm³/mol. The highest BCUT2D eigenvalue weighted by Gasteiger charge is 2.15. The highest BCUT2D eigenvalue weighted by Crippen LogP contribution is 2.22. The van der Waals surface area contributed by atoms with E-state index in [0.717, 1.165) is 5.56 Å². The second-order valence-corrected chi connectivity index (χ2v) is 5.55. The molecule has 0 saturated carbocycles. The lowest BCUT2D eigenvalue weighted by atomic mass is 9.86. The standard InChI is InChI=1S/C13H18ClNO/c1-13(2,3)10-6-4-9(5-7-10)8-11(14)12(15)16/h4-7,11H,8H2,1-3H3,(H2,15,16). The number of carbonyl (C=O) groups is 1. The number of rotatable bonds is 3. The lowest BCUT2D eigenvalue weighted by molar-refractivity contribution is -0.117. The molecule has 2 nitrogen and oxygen atoms in total. The molecule has 1 unspecified atom stereocenters. The Morgan fingerprint density at radius 1 is 1.31 bits per heavy atom. The van der Waals surface area contributed by atoms with E-state index in [1.54, 1.807) is 0 Å². The van der Waals surface area contributed by atoms with Crippen LogP contribution in [0.3, 0.4) is 0 Å². The molecule has 0 radical (unpaired) electrons. The first kappa shape index (κ1) is 13.0. The van der Waals surface area contributed by atoms with Crippen LogP contribution in [0.2, 0.25) is 0 Å². The molecule has 0 bridgehead atoms. The molecule has 88 valence electrons. The van der Waals surface area contributed by atoms with Gasteiger partial charge < -0.3 is 5.73 Å². The smallest absolute Gasteiger partial charge is 0.235 e. The van der Waals surface area contributed by atoms with Crippen molar-refractivity contribution >= 4 is 17.5 Å². The summed E-state index contributed by atoms with van der Waals surface area (Å²) < 4.78 is 0. The second kappa shape index (κ2) is 4.88. The first-order valence-corrected chi connectivity index (χ1v) is 5.77. The number of halogens is 1. The molecule has 1 amide bonds. The van der Waals surface area contributed by atoms with Crippen LogP contribution < -0.4 is 5.73 Å². The predicted octanol–water partition coefficient (Wildman–Crippen LogP) is 2.62. The van der Waals surface area contributed by atoms with Gasteiger partial charge >= 0.3 is 0 Å². The molecule has 16 heavy (non-hydrogen) atoms. The van der Waals surface area contributed by atoms with E-state index < -0.39 is 11.3 Å². The quantitative estimate of drug-likeness (QED) is 0.810. The Balaban J connectivity index is 2.76. The van der Waals surface area contributed by atoms with Crippen LogP contribution in [0.1, 0.15) is 31.9 Å². The molecular formula is C13H18ClNO. The molecule has 2 N–H and O–H groups in total. The zero-order valence-electron chi connectivity index (χ0n) is 9.96. The zero-order valence-corrected chi connectivity index (χ0v) is 10.7. The molecule has 1 atom stereocenters. The topological polar surface area (TPSA) is 43.1 Å². The number of primary amides is 1. The number of nitrogens with two attached hydrogens (primary N) is 1. The van der Waals surface area contributed by atoms with Gasteiger partial charge in [0.25, 0.3) is 0 Å². The first-order chi connectivity index (χ1) is 7.30. The summed E-state index contributed by atoms with van der Waals surface area (Å²) in [7, 11) is 0. The summed E-state index contributed by atoms with van der Waals surface area (Å²) in [6.07, 6.45) is 0.487. The van der Waals surface area contributed by atoms with E-state index in [-0.39, 0.29) is 5.41 Å². The summed E-state index contributed by atoms with van der Waals surface area (Å²) >= 11 is 5.81. The highest BCUT2D eigenvalue weighted by molar-refractivity contribution is 6.30. The van der Waals surface area contributed by atoms with E-state index in [9.17, 15) is 4.79 Å². The van der Waals surface area contributed by atoms with Crippen molar-refractivity contribution in [3.05, 3.63) is 35.4 Å². The maximum absolute atomic E-state index is 10.8. The van der Waals surface area contributed by atoms with Gasteiger partial charge in [-0.05, 0) is 23.0 Å². The van der Waals surface area contributed by atoms with Gasteiger partial charge in [-0.25, -0.2) is 0 Å². The lowest BCUT2D eigenvalue weighted by Gasteiger charge is -2.19. The maximum Gasteiger partial charge on any atom is 0.235 e. The molecule has 0 aliphatic rings. The van der Waals surface area contributed by atoms with E-state index in [4.69, 9.17) is 17.3 Å². The van der Waals surface area contributed by atoms with E-state index >= 15 is 0 Å². The molecule has 0 heterocycles. The second-order valence-electron chi connectivity index (χ2n) is 5.02. The summed E-state index contributed by atoms with van der Waals surface area (Å²) in [4.78, 5) is 10.8. The van der Waals surface area contributed by atoms with Crippen molar-refractivity contribution in [1.29, 1.82) is 0 Å². The van der Waals surface area contributed by atoms with E-state index in [1.165, 1.54) is 5.56 Å². The Hall–Kier alpha value is -1.02. The molecule has 0 aliphatic carbocycles. The third kappa shape index (κ3) is 3.53. The van der Waals surface area contributed by atoms with Gasteiger partial charge in [-0.15, -0.1) is 11.6 Å². The van der Waals surface area contributed by atoms with Gasteiger partial charge in [0.15, 0.2) is 0 Å². The number of carbonyl (C=O) groups excluding carboxylic acids is 1. The van der Waals surface area contributed by atoms with E-state index in [2.05, 4.69) is 32.9 Å². The average molecular weight is 240 g/mol. The Morgan fingerprint density at radius 2 is 1.81 bits per heavy atom. The summed E-state index contributed by atoms with van der Waals surface area (Å²) in [6, 6.07) is 8.14. The number of hydrogen-bond acceptors (Lipinski definition) is 1. The summed E-state index contributed by atoms with van der Waals surface area (Å²) in [5.41, 5.74) is 7.55. The fourth-order valence-corrected chi connectivity index (χ4v) is 1.63. The van der Waals surface area contributed by atoms with Crippen LogP contribution in [0.15, 0.2) is 24.3 Å². The molecule has 3 heteroatoms. The van der Waals surface area contributed by atoms with Crippen molar-refractivity contribution in [1.82, 2.24) is 0 Å². The van der Waals surface area contributed by atoms with Crippen LogP contribution >= 0.6 is 11.6 Å². The fourth-order valence-electron chi connectivity index (χ4n) is 1.45. The summed E-state index contributed by atoms with van der Waals surface area (Å²) in [5, 5.41) is -0.625. The van der Waals surface area contributed by atoms with Crippen molar-refractivity contribution in [2.75, 3.05) is 0 Å². The summed E-state index contributed by atoms with van der Waals surface area (Å²) in [5.74, 6) is -0.471. The molecule has 1 aromatic rings. The van der Waals surface area contributed by atoms with Crippen LogP contribution in [0.5, 0.6) is 0 Å². The minimum atomic E-state index is -0.625. The van der Waals surface area contributed by atoms with Crippen molar-refractivity contribution in [2.24, 2.45) is 5.73 Å². The monoisotopic (exact) mass is 239 g/mol. The van der Waals surface area contributed by atoms with Crippen LogP contribution in [-0.4, -0.2) is 11.3 Å². The van der Waals surface area contributed by atoms with Crippen LogP contribution in [-0.2, 0) is 16.6 Å². The average Bonchev–Trinajstić information content (AvgIpc) is 2.17. The van der Waals surface area contributed by atoms with Crippen molar-refractivity contribution in [3.8, 4) is 0 Å². The number of amides is 1. The van der Waals surface area contributed by atoms with E-state index in [1.807, 2.05) is 12.1 Å². The molecule has 0 aliphatic heterocycles. The van der Waals surface area contributed by atoms with Gasteiger partial charge in [0.2, 0.25) is 5.91 Å². The Kier molecular flexibility index (Phi) is 3.98. The SMILES string of the molecule is CC(C)(C)c1ccc(CC(Cl)C(N)=O)cc1. The maximum atomic E-state index is 10.8.